The number of rotatable bonds is 6. The summed E-state index contributed by atoms with van der Waals surface area (Å²) in [5.41, 5.74) is 0. The quantitative estimate of drug-likeness (QED) is 0.668. The molecule has 0 heterocycles. The number of hydrogen-bond acceptors (Lipinski definition) is 2. The van der Waals surface area contributed by atoms with Gasteiger partial charge in [0.15, 0.2) is 6.86 Å². The number of halogens is 7. The summed E-state index contributed by atoms with van der Waals surface area (Å²) in [7, 11) is 0. The number of hydrogen-bond donors (Lipinski definition) is 0. The Labute approximate surface area is 79.9 Å². The summed E-state index contributed by atoms with van der Waals surface area (Å²) in [5, 5.41) is 0. The van der Waals surface area contributed by atoms with Crippen molar-refractivity contribution in [3.8, 4) is 0 Å². The summed E-state index contributed by atoms with van der Waals surface area (Å²) in [6.45, 7) is -1.52. The zero-order chi connectivity index (χ0) is 12.3. The lowest BCUT2D eigenvalue weighted by Gasteiger charge is -2.27. The molecule has 0 aromatic carbocycles. The summed E-state index contributed by atoms with van der Waals surface area (Å²) < 4.78 is 90.0. The molecule has 2 nitrogen and oxygen atoms in total. The zero-order valence-electron chi connectivity index (χ0n) is 7.38. The second kappa shape index (κ2) is 4.52. The van der Waals surface area contributed by atoms with E-state index >= 15 is 0 Å². The third kappa shape index (κ3) is 3.82. The topological polar surface area (TPSA) is 18.5 Å². The van der Waals surface area contributed by atoms with Gasteiger partial charge in [0.25, 0.3) is 0 Å². The zero-order valence-corrected chi connectivity index (χ0v) is 7.38. The summed E-state index contributed by atoms with van der Waals surface area (Å²) in [5.74, 6) is 0. The lowest BCUT2D eigenvalue weighted by atomic mass is 10.4. The fourth-order valence-corrected chi connectivity index (χ4v) is 0.472. The first-order valence-corrected chi connectivity index (χ1v) is 3.61. The molecule has 0 aliphatic rings. The van der Waals surface area contributed by atoms with Crippen LogP contribution in [-0.4, -0.2) is 25.2 Å². The normalized spacial score (nSPS) is 14.4. The second-order valence-corrected chi connectivity index (χ2v) is 2.38. The van der Waals surface area contributed by atoms with E-state index < -0.39 is 31.6 Å². The largest absolute Gasteiger partial charge is 0.452 e. The Bertz CT molecular complexity index is 206. The molecule has 0 unspecified atom stereocenters. The highest BCUT2D eigenvalue weighted by Gasteiger charge is 2.63. The minimum absolute atomic E-state index is 0.740. The highest BCUT2D eigenvalue weighted by Crippen LogP contribution is 2.40. The molecule has 9 heteroatoms. The van der Waals surface area contributed by atoms with E-state index in [9.17, 15) is 30.7 Å². The monoisotopic (exact) mass is 244 g/mol. The van der Waals surface area contributed by atoms with Crippen LogP contribution in [0.25, 0.3) is 0 Å². The Morgan fingerprint density at radius 2 is 1.40 bits per heavy atom. The van der Waals surface area contributed by atoms with E-state index in [0.717, 1.165) is 6.92 Å². The van der Waals surface area contributed by atoms with Gasteiger partial charge in [-0.05, 0) is 0 Å². The molecule has 0 atom stereocenters. The fourth-order valence-electron chi connectivity index (χ4n) is 0.472. The van der Waals surface area contributed by atoms with Gasteiger partial charge >= 0.3 is 18.3 Å². The molecule has 0 N–H and O–H groups in total. The minimum atomic E-state index is -5.61. The lowest BCUT2D eigenvalue weighted by molar-refractivity contribution is -0.484. The molecule has 15 heavy (non-hydrogen) atoms. The highest BCUT2D eigenvalue weighted by molar-refractivity contribution is 4.68. The maximum atomic E-state index is 12.3. The third-order valence-electron chi connectivity index (χ3n) is 1.26. The molecule has 0 amide bonds. The maximum absolute atomic E-state index is 12.3. The van der Waals surface area contributed by atoms with Crippen LogP contribution < -0.4 is 0 Å². The van der Waals surface area contributed by atoms with Crippen molar-refractivity contribution in [2.45, 2.75) is 31.7 Å². The summed E-state index contributed by atoms with van der Waals surface area (Å²) in [4.78, 5) is 0. The Morgan fingerprint density at radius 1 is 0.933 bits per heavy atom. The molecule has 0 aliphatic heterocycles. The molecule has 0 bridgehead atoms. The molecule has 0 fully saturated rings. The van der Waals surface area contributed by atoms with E-state index in [1.807, 2.05) is 0 Å². The predicted octanol–water partition coefficient (Wildman–Crippen LogP) is 3.14. The van der Waals surface area contributed by atoms with Gasteiger partial charge in [-0.2, -0.15) is 26.3 Å². The Balaban J connectivity index is 4.67. The van der Waals surface area contributed by atoms with Gasteiger partial charge in [0.1, 0.15) is 0 Å². The molecule has 92 valence electrons. The van der Waals surface area contributed by atoms with Crippen LogP contribution in [0, 0.1) is 0 Å². The van der Waals surface area contributed by atoms with Crippen molar-refractivity contribution in [1.29, 1.82) is 0 Å². The molecule has 0 saturated heterocycles. The standard InChI is InChI=1S/C6H7F7O2/c1-2-4(8,9)15-6(12,13)5(10,11)14-3-7/h2-3H2,1H3. The molecule has 0 saturated carbocycles. The van der Waals surface area contributed by atoms with Crippen molar-refractivity contribution in [2.75, 3.05) is 6.86 Å². The first-order chi connectivity index (χ1) is 6.58. The van der Waals surface area contributed by atoms with E-state index in [-0.39, 0.29) is 0 Å². The van der Waals surface area contributed by atoms with Gasteiger partial charge in [-0.25, -0.2) is 9.13 Å². The van der Waals surface area contributed by atoms with Crippen molar-refractivity contribution in [1.82, 2.24) is 0 Å². The minimum Gasteiger partial charge on any atom is -0.281 e. The van der Waals surface area contributed by atoms with Crippen LogP contribution in [0.4, 0.5) is 30.7 Å². The van der Waals surface area contributed by atoms with E-state index in [2.05, 4.69) is 9.47 Å². The van der Waals surface area contributed by atoms with Crippen LogP contribution in [0.3, 0.4) is 0 Å². The van der Waals surface area contributed by atoms with Gasteiger partial charge in [-0.3, -0.25) is 4.74 Å². The van der Waals surface area contributed by atoms with Gasteiger partial charge in [0.2, 0.25) is 0 Å². The molecule has 0 spiro atoms. The Kier molecular flexibility index (Phi) is 4.35. The SMILES string of the molecule is CCC(F)(F)OC(F)(F)C(F)(F)OCF. The molecule has 0 rings (SSSR count). The predicted molar refractivity (Wildman–Crippen MR) is 33.3 cm³/mol. The van der Waals surface area contributed by atoms with E-state index in [1.165, 1.54) is 0 Å². The summed E-state index contributed by atoms with van der Waals surface area (Å²) in [6, 6.07) is 0. The summed E-state index contributed by atoms with van der Waals surface area (Å²) >= 11 is 0. The molecule has 0 aliphatic carbocycles. The van der Waals surface area contributed by atoms with E-state index in [4.69, 9.17) is 0 Å². The number of alkyl halides is 7. The van der Waals surface area contributed by atoms with E-state index in [0.29, 0.717) is 0 Å². The van der Waals surface area contributed by atoms with Crippen molar-refractivity contribution in [3.63, 3.8) is 0 Å². The first kappa shape index (κ1) is 14.4. The average molecular weight is 244 g/mol. The fraction of sp³-hybridized carbons (Fsp3) is 1.00. The second-order valence-electron chi connectivity index (χ2n) is 2.38. The molecule has 0 aromatic rings. The molecular formula is C6H7F7O2. The maximum Gasteiger partial charge on any atom is 0.452 e. The van der Waals surface area contributed by atoms with Crippen LogP contribution in [0.5, 0.6) is 0 Å². The third-order valence-corrected chi connectivity index (χ3v) is 1.26. The van der Waals surface area contributed by atoms with Crippen LogP contribution in [0.1, 0.15) is 13.3 Å². The van der Waals surface area contributed by atoms with Crippen molar-refractivity contribution in [2.24, 2.45) is 0 Å². The van der Waals surface area contributed by atoms with Crippen molar-refractivity contribution in [3.05, 3.63) is 0 Å². The summed E-state index contributed by atoms with van der Waals surface area (Å²) in [6.07, 6.45) is -16.8. The van der Waals surface area contributed by atoms with Crippen molar-refractivity contribution >= 4 is 0 Å². The van der Waals surface area contributed by atoms with Gasteiger partial charge in [-0.1, -0.05) is 6.92 Å². The van der Waals surface area contributed by atoms with Crippen LogP contribution in [-0.2, 0) is 9.47 Å². The molecule has 0 aromatic heterocycles. The lowest BCUT2D eigenvalue weighted by Crippen LogP contribution is -2.48. The highest BCUT2D eigenvalue weighted by atomic mass is 19.3. The number of ether oxygens (including phenoxy) is 2. The Morgan fingerprint density at radius 3 is 1.73 bits per heavy atom. The smallest absolute Gasteiger partial charge is 0.281 e. The van der Waals surface area contributed by atoms with Gasteiger partial charge in [0.05, 0.1) is 0 Å². The van der Waals surface area contributed by atoms with Crippen LogP contribution in [0.15, 0.2) is 0 Å². The van der Waals surface area contributed by atoms with Crippen LogP contribution >= 0.6 is 0 Å². The first-order valence-electron chi connectivity index (χ1n) is 3.61. The molecular weight excluding hydrogens is 237 g/mol. The van der Waals surface area contributed by atoms with Crippen molar-refractivity contribution < 1.29 is 40.2 Å². The van der Waals surface area contributed by atoms with Gasteiger partial charge in [-0.15, -0.1) is 0 Å². The van der Waals surface area contributed by atoms with Gasteiger partial charge < -0.3 is 0 Å². The average Bonchev–Trinajstić information content (AvgIpc) is 2.02. The van der Waals surface area contributed by atoms with Crippen LogP contribution in [0.2, 0.25) is 0 Å². The molecule has 0 radical (unpaired) electrons. The van der Waals surface area contributed by atoms with Gasteiger partial charge in [0, 0.05) is 6.42 Å². The van der Waals surface area contributed by atoms with E-state index in [1.54, 1.807) is 0 Å². The Hall–Kier alpha value is -0.570.